The largest absolute Gasteiger partial charge is 0.485 e. The minimum Gasteiger partial charge on any atom is -0.485 e. The summed E-state index contributed by atoms with van der Waals surface area (Å²) in [4.78, 5) is 54.5. The highest BCUT2D eigenvalue weighted by Gasteiger charge is 2.18. The first-order valence-corrected chi connectivity index (χ1v) is 48.7. The van der Waals surface area contributed by atoms with Crippen LogP contribution in [-0.2, 0) is 13.0 Å². The number of benzene rings is 3. The van der Waals surface area contributed by atoms with Crippen LogP contribution in [0.4, 0.5) is 5.00 Å². The number of para-hydroxylation sites is 1. The molecule has 1 aliphatic rings. The van der Waals surface area contributed by atoms with E-state index in [1.54, 1.807) is 37.0 Å². The second-order valence-corrected chi connectivity index (χ2v) is 38.0. The molecule has 1 saturated heterocycles. The Kier molecular flexibility index (Phi) is 61.0. The second kappa shape index (κ2) is 67.9. The number of pyridine rings is 7. The Labute approximate surface area is 845 Å². The van der Waals surface area contributed by atoms with Gasteiger partial charge in [-0.1, -0.05) is 327 Å². The van der Waals surface area contributed by atoms with E-state index in [1.807, 2.05) is 220 Å². The van der Waals surface area contributed by atoms with E-state index in [4.69, 9.17) is 23.0 Å². The average molecular weight is 1930 g/mol. The van der Waals surface area contributed by atoms with Gasteiger partial charge in [0.15, 0.2) is 6.61 Å². The average Bonchev–Trinajstić information content (AvgIpc) is 1.73. The van der Waals surface area contributed by atoms with Gasteiger partial charge in [0.2, 0.25) is 41.0 Å². The summed E-state index contributed by atoms with van der Waals surface area (Å²) in [7, 11) is 1.62. The number of hydrogen-bond donors (Lipinski definition) is 0. The number of anilines is 1. The predicted molar refractivity (Wildman–Crippen MR) is 587 cm³/mol. The van der Waals surface area contributed by atoms with Crippen LogP contribution in [0.3, 0.4) is 0 Å². The molecule has 1 fully saturated rings. The standard InChI is InChI=1S/C12H14N2O2.C12H13NS.C11H12N2O.C11H18N2S.C10H11N3O.2C10H15N.C9H13NO.2C9H13N.C8H11N.5CH4/c1-9(2)12-13-11(14-16-12)8-15-10-6-4-3-5-7-10;1-9(2)12-13-8-11(14-12)10-6-4-3-5-7-10;1-8(2)11-12-10(13-14-11)9-6-4-3-5-7-9;1-9(2)11-12-8-10(14-11)13-6-4-3-5-7-13;1-7(2)10-12-9(13-14-10)8-3-5-11-6-4-8;1-7(2)10-5-8(3)9(4)11-6-10;1-4-10-6-5-9(7-11-10)8(2)3;1-7(2)8-4-5-9(11-3)10-6-8;2*1-7(2)9-5-4-8(3)10-6-9;1-7(2)8-4-3-5-9-6-8;;;;;/h3-7,9H,8H2,1-2H3;3-9H,1-2H3;3-8H,1-2H3;8-9H,3-7H2,1-2H3;3-7H,1-2H3;5-7H,1-4H3;5-8H,4H2,1-3H3;4-7H,1-3H3;2*4-7H,1-3H3;3-7H,1-2H3;5*1H4. The molecular formula is C116H168N16O5S2. The molecule has 23 heteroatoms. The predicted octanol–water partition coefficient (Wildman–Crippen LogP) is 33.3. The Morgan fingerprint density at radius 2 is 0.777 bits per heavy atom. The molecule has 0 unspecified atom stereocenters. The van der Waals surface area contributed by atoms with E-state index in [1.165, 1.54) is 102 Å². The number of thiazole rings is 2. The number of ether oxygens (including phenoxy) is 2. The van der Waals surface area contributed by atoms with Crippen molar-refractivity contribution in [3.05, 3.63) is 333 Å². The monoisotopic (exact) mass is 1930 g/mol. The Morgan fingerprint density at radius 1 is 0.353 bits per heavy atom. The zero-order valence-corrected chi connectivity index (χ0v) is 86.5. The molecule has 0 aliphatic carbocycles. The summed E-state index contributed by atoms with van der Waals surface area (Å²) in [6.45, 7) is 60.0. The fourth-order valence-corrected chi connectivity index (χ4v) is 13.7. The van der Waals surface area contributed by atoms with Crippen molar-refractivity contribution in [3.63, 3.8) is 0 Å². The summed E-state index contributed by atoms with van der Waals surface area (Å²) >= 11 is 3.65. The maximum atomic E-state index is 5.50. The number of methoxy groups -OCH3 is 1. The Morgan fingerprint density at radius 3 is 1.16 bits per heavy atom. The van der Waals surface area contributed by atoms with Crippen LogP contribution in [0.25, 0.3) is 33.2 Å². The maximum Gasteiger partial charge on any atom is 0.229 e. The van der Waals surface area contributed by atoms with Crippen molar-refractivity contribution in [2.24, 2.45) is 0 Å². The molecule has 0 N–H and O–H groups in total. The second-order valence-electron chi connectivity index (χ2n) is 35.9. The molecule has 21 nitrogen and oxygen atoms in total. The lowest BCUT2D eigenvalue weighted by molar-refractivity contribution is 0.284. The Bertz CT molecular complexity index is 5270. The number of nitrogens with zero attached hydrogens (tertiary/aromatic N) is 16. The van der Waals surface area contributed by atoms with Gasteiger partial charge in [-0.2, -0.15) is 15.0 Å². The highest BCUT2D eigenvalue weighted by atomic mass is 32.1. The van der Waals surface area contributed by atoms with Gasteiger partial charge in [0.1, 0.15) is 10.8 Å². The molecule has 0 spiro atoms. The zero-order chi connectivity index (χ0) is 98.0. The van der Waals surface area contributed by atoms with Crippen molar-refractivity contribution in [1.82, 2.24) is 75.3 Å². The topological polar surface area (TPSA) is 254 Å². The maximum absolute atomic E-state index is 5.50. The lowest BCUT2D eigenvalue weighted by Gasteiger charge is -2.26. The van der Waals surface area contributed by atoms with Gasteiger partial charge < -0.3 is 27.9 Å². The van der Waals surface area contributed by atoms with E-state index >= 15 is 0 Å². The molecule has 3 aromatic carbocycles. The summed E-state index contributed by atoms with van der Waals surface area (Å²) in [5.74, 6) is 10.7. The first-order chi connectivity index (χ1) is 64.1. The third-order valence-corrected chi connectivity index (χ3v) is 23.5. The summed E-state index contributed by atoms with van der Waals surface area (Å²) < 4.78 is 25.7. The van der Waals surface area contributed by atoms with Crippen LogP contribution in [0.5, 0.6) is 11.6 Å². The van der Waals surface area contributed by atoms with Gasteiger partial charge in [-0.15, -0.1) is 22.7 Å². The molecule has 0 bridgehead atoms. The van der Waals surface area contributed by atoms with Crippen molar-refractivity contribution in [1.29, 1.82) is 0 Å². The van der Waals surface area contributed by atoms with Gasteiger partial charge in [0.25, 0.3) is 0 Å². The quantitative estimate of drug-likeness (QED) is 0.0687. The zero-order valence-electron chi connectivity index (χ0n) is 84.8. The molecule has 1 aliphatic heterocycles. The summed E-state index contributed by atoms with van der Waals surface area (Å²) in [5.41, 5.74) is 16.8. The fraction of sp³-hybridized carbons (Fsp3) is 0.440. The Balaban J connectivity index is 0.000000765. The van der Waals surface area contributed by atoms with Gasteiger partial charge in [-0.3, -0.25) is 29.9 Å². The van der Waals surface area contributed by atoms with Crippen molar-refractivity contribution in [3.8, 4) is 44.8 Å². The van der Waals surface area contributed by atoms with Crippen LogP contribution in [-0.4, -0.2) is 95.5 Å². The normalized spacial score (nSPS) is 10.9. The smallest absolute Gasteiger partial charge is 0.229 e. The van der Waals surface area contributed by atoms with Crippen molar-refractivity contribution in [2.75, 3.05) is 25.1 Å². The van der Waals surface area contributed by atoms with E-state index < -0.39 is 0 Å². The lowest BCUT2D eigenvalue weighted by atomic mass is 10.0. The first kappa shape index (κ1) is 125. The fourth-order valence-electron chi connectivity index (χ4n) is 11.8. The van der Waals surface area contributed by atoms with Crippen LogP contribution in [0.1, 0.15) is 376 Å². The molecule has 0 radical (unpaired) electrons. The molecule has 12 aromatic heterocycles. The minimum atomic E-state index is 0. The molecule has 13 heterocycles. The van der Waals surface area contributed by atoms with Crippen LogP contribution in [0.15, 0.2) is 252 Å². The molecule has 15 aromatic rings. The van der Waals surface area contributed by atoms with E-state index in [0.717, 1.165) is 40.4 Å². The number of piperidine rings is 1. The molecule has 0 amide bonds. The van der Waals surface area contributed by atoms with Gasteiger partial charge in [0.05, 0.1) is 28.2 Å². The third kappa shape index (κ3) is 46.9. The van der Waals surface area contributed by atoms with Crippen LogP contribution < -0.4 is 14.4 Å². The summed E-state index contributed by atoms with van der Waals surface area (Å²) in [5, 5.41) is 15.5. The Hall–Kier alpha value is -12.2. The highest BCUT2D eigenvalue weighted by Crippen LogP contribution is 2.32. The summed E-state index contributed by atoms with van der Waals surface area (Å²) in [6, 6.07) is 56.3. The molecule has 139 heavy (non-hydrogen) atoms. The highest BCUT2D eigenvalue weighted by molar-refractivity contribution is 7.15. The van der Waals surface area contributed by atoms with Crippen LogP contribution in [0.2, 0.25) is 0 Å². The van der Waals surface area contributed by atoms with Gasteiger partial charge in [0, 0.05) is 145 Å². The SMILES string of the molecule is C.C.C.C.C.CC(C)c1cccnc1.CC(C)c1nc(-c2ccccc2)no1.CC(C)c1nc(-c2ccncc2)no1.CC(C)c1nc(COc2ccccc2)no1.CC(C)c1ncc(-c2ccccc2)s1.CC(C)c1ncc(N2CCCCC2)s1.CCc1ccc(C(C)C)cn1.COc1ccc(C(C)C)cn1.Cc1cc(C(C)C)cnc1C.Cc1ccc(C(C)C)cn1.Cc1ccc(C(C)C)cn1. The number of rotatable bonds is 20. The number of aromatic nitrogens is 15. The minimum absolute atomic E-state index is 0. The van der Waals surface area contributed by atoms with E-state index in [9.17, 15) is 0 Å². The van der Waals surface area contributed by atoms with Gasteiger partial charge in [-0.25, -0.2) is 15.0 Å². The van der Waals surface area contributed by atoms with Crippen molar-refractivity contribution in [2.45, 2.75) is 321 Å². The van der Waals surface area contributed by atoms with Gasteiger partial charge >= 0.3 is 0 Å². The van der Waals surface area contributed by atoms with E-state index in [0.29, 0.717) is 95.0 Å². The summed E-state index contributed by atoms with van der Waals surface area (Å²) in [6.07, 6.45) is 25.9. The van der Waals surface area contributed by atoms with Crippen LogP contribution >= 0.6 is 22.7 Å². The molecular weight excluding hydrogens is 1760 g/mol. The third-order valence-electron chi connectivity index (χ3n) is 20.8. The van der Waals surface area contributed by atoms with Crippen molar-refractivity contribution >= 4 is 27.7 Å². The van der Waals surface area contributed by atoms with Crippen molar-refractivity contribution < 1.29 is 23.0 Å². The molecule has 0 saturated carbocycles. The van der Waals surface area contributed by atoms with E-state index in [-0.39, 0.29) is 54.9 Å². The van der Waals surface area contributed by atoms with Crippen LogP contribution in [0, 0.1) is 27.7 Å². The number of hydrogen-bond acceptors (Lipinski definition) is 23. The molecule has 754 valence electrons. The number of aryl methyl sites for hydroxylation is 5. The molecule has 0 atom stereocenters. The van der Waals surface area contributed by atoms with E-state index in [2.05, 4.69) is 278 Å². The van der Waals surface area contributed by atoms with Gasteiger partial charge in [-0.05, 0) is 182 Å². The first-order valence-electron chi connectivity index (χ1n) is 47.1. The molecule has 16 rings (SSSR count). The lowest BCUT2D eigenvalue weighted by Crippen LogP contribution is -2.28.